The lowest BCUT2D eigenvalue weighted by atomic mass is 10.3. The van der Waals surface area contributed by atoms with Crippen LogP contribution in [0.3, 0.4) is 0 Å². The highest BCUT2D eigenvalue weighted by Gasteiger charge is 2.21. The molecule has 0 fully saturated rings. The fourth-order valence-corrected chi connectivity index (χ4v) is 3.19. The minimum absolute atomic E-state index is 0.0143. The Bertz CT molecular complexity index is 906. The SMILES string of the molecule is COc1cn(-c2ccccc2)nc1C(=O)OCC(=O)N[C@H](C)c1cccs1. The van der Waals surface area contributed by atoms with Crippen LogP contribution in [0, 0.1) is 0 Å². The third kappa shape index (κ3) is 4.53. The summed E-state index contributed by atoms with van der Waals surface area (Å²) in [5, 5.41) is 8.94. The second-order valence-electron chi connectivity index (χ2n) is 5.71. The van der Waals surface area contributed by atoms with Crippen molar-refractivity contribution >= 4 is 23.2 Å². The van der Waals surface area contributed by atoms with E-state index in [2.05, 4.69) is 10.4 Å². The van der Waals surface area contributed by atoms with Gasteiger partial charge in [0.1, 0.15) is 0 Å². The predicted octanol–water partition coefficient (Wildman–Crippen LogP) is 2.98. The molecule has 0 saturated carbocycles. The lowest BCUT2D eigenvalue weighted by Gasteiger charge is -2.12. The summed E-state index contributed by atoms with van der Waals surface area (Å²) in [6.45, 7) is 1.48. The molecule has 140 valence electrons. The third-order valence-corrected chi connectivity index (χ3v) is 4.85. The van der Waals surface area contributed by atoms with Gasteiger partial charge in [0.25, 0.3) is 5.91 Å². The highest BCUT2D eigenvalue weighted by molar-refractivity contribution is 7.10. The lowest BCUT2D eigenvalue weighted by Crippen LogP contribution is -2.30. The molecule has 7 nitrogen and oxygen atoms in total. The van der Waals surface area contributed by atoms with Gasteiger partial charge in [-0.25, -0.2) is 9.48 Å². The van der Waals surface area contributed by atoms with E-state index >= 15 is 0 Å². The Hall–Kier alpha value is -3.13. The Balaban J connectivity index is 1.62. The molecule has 0 bridgehead atoms. The zero-order valence-electron chi connectivity index (χ0n) is 14.9. The minimum Gasteiger partial charge on any atom is -0.493 e. The first-order chi connectivity index (χ1) is 13.1. The van der Waals surface area contributed by atoms with Crippen molar-refractivity contribution in [2.45, 2.75) is 13.0 Å². The smallest absolute Gasteiger partial charge is 0.363 e. The van der Waals surface area contributed by atoms with Gasteiger partial charge in [0.2, 0.25) is 5.69 Å². The number of methoxy groups -OCH3 is 1. The van der Waals surface area contributed by atoms with Crippen molar-refractivity contribution in [2.24, 2.45) is 0 Å². The normalized spacial score (nSPS) is 11.6. The molecule has 8 heteroatoms. The number of hydrogen-bond acceptors (Lipinski definition) is 6. The van der Waals surface area contributed by atoms with Gasteiger partial charge in [0, 0.05) is 4.88 Å². The van der Waals surface area contributed by atoms with Gasteiger partial charge in [0.05, 0.1) is 25.0 Å². The topological polar surface area (TPSA) is 82.5 Å². The molecule has 0 unspecified atom stereocenters. The van der Waals surface area contributed by atoms with E-state index in [4.69, 9.17) is 9.47 Å². The first kappa shape index (κ1) is 18.7. The molecule has 0 aliphatic rings. The number of aromatic nitrogens is 2. The number of carbonyl (C=O) groups excluding carboxylic acids is 2. The number of nitrogens with one attached hydrogen (secondary N) is 1. The zero-order valence-corrected chi connectivity index (χ0v) is 15.7. The van der Waals surface area contributed by atoms with Crippen LogP contribution in [-0.2, 0) is 9.53 Å². The molecule has 1 aromatic carbocycles. The van der Waals surface area contributed by atoms with Gasteiger partial charge >= 0.3 is 5.97 Å². The van der Waals surface area contributed by atoms with E-state index < -0.39 is 12.6 Å². The number of rotatable bonds is 7. The summed E-state index contributed by atoms with van der Waals surface area (Å²) >= 11 is 1.55. The van der Waals surface area contributed by atoms with E-state index in [0.717, 1.165) is 10.6 Å². The van der Waals surface area contributed by atoms with Gasteiger partial charge in [-0.2, -0.15) is 5.10 Å². The van der Waals surface area contributed by atoms with Crippen molar-refractivity contribution in [2.75, 3.05) is 13.7 Å². The van der Waals surface area contributed by atoms with Gasteiger partial charge in [-0.1, -0.05) is 24.3 Å². The van der Waals surface area contributed by atoms with Crippen molar-refractivity contribution in [1.82, 2.24) is 15.1 Å². The number of amides is 1. The highest BCUT2D eigenvalue weighted by Crippen LogP contribution is 2.20. The van der Waals surface area contributed by atoms with Crippen LogP contribution in [0.4, 0.5) is 0 Å². The quantitative estimate of drug-likeness (QED) is 0.632. The maximum atomic E-state index is 12.3. The average Bonchev–Trinajstić information content (AvgIpc) is 3.36. The van der Waals surface area contributed by atoms with E-state index in [0.29, 0.717) is 0 Å². The number of esters is 1. The lowest BCUT2D eigenvalue weighted by molar-refractivity contribution is -0.124. The fraction of sp³-hybridized carbons (Fsp3) is 0.211. The Morgan fingerprint density at radius 2 is 2.00 bits per heavy atom. The number of ether oxygens (including phenoxy) is 2. The van der Waals surface area contributed by atoms with E-state index in [-0.39, 0.29) is 23.4 Å². The number of thiophene rings is 1. The molecule has 2 heterocycles. The molecule has 0 spiro atoms. The van der Waals surface area contributed by atoms with Crippen LogP contribution in [0.25, 0.3) is 5.69 Å². The average molecular weight is 385 g/mol. The maximum Gasteiger partial charge on any atom is 0.363 e. The molecular formula is C19H19N3O4S. The number of hydrogen-bond donors (Lipinski definition) is 1. The van der Waals surface area contributed by atoms with Gasteiger partial charge in [-0.15, -0.1) is 11.3 Å². The van der Waals surface area contributed by atoms with E-state index in [1.165, 1.54) is 11.8 Å². The number of nitrogens with zero attached hydrogens (tertiary/aromatic N) is 2. The second-order valence-corrected chi connectivity index (χ2v) is 6.69. The summed E-state index contributed by atoms with van der Waals surface area (Å²) < 4.78 is 11.8. The molecule has 2 aromatic heterocycles. The molecule has 1 amide bonds. The molecule has 0 radical (unpaired) electrons. The first-order valence-corrected chi connectivity index (χ1v) is 9.15. The fourth-order valence-electron chi connectivity index (χ4n) is 2.45. The molecule has 0 aliphatic carbocycles. The monoisotopic (exact) mass is 385 g/mol. The molecular weight excluding hydrogens is 366 g/mol. The molecule has 0 saturated heterocycles. The molecule has 3 rings (SSSR count). The van der Waals surface area contributed by atoms with Gasteiger partial charge in [-0.3, -0.25) is 4.79 Å². The Morgan fingerprint density at radius 3 is 2.67 bits per heavy atom. The van der Waals surface area contributed by atoms with Crippen LogP contribution < -0.4 is 10.1 Å². The first-order valence-electron chi connectivity index (χ1n) is 8.27. The van der Waals surface area contributed by atoms with Crippen molar-refractivity contribution in [1.29, 1.82) is 0 Å². The van der Waals surface area contributed by atoms with Crippen LogP contribution in [-0.4, -0.2) is 35.4 Å². The summed E-state index contributed by atoms with van der Waals surface area (Å²) in [5.41, 5.74) is 0.790. The third-order valence-electron chi connectivity index (χ3n) is 3.80. The molecule has 27 heavy (non-hydrogen) atoms. The summed E-state index contributed by atoms with van der Waals surface area (Å²) in [6.07, 6.45) is 1.59. The summed E-state index contributed by atoms with van der Waals surface area (Å²) in [5.74, 6) is -0.831. The highest BCUT2D eigenvalue weighted by atomic mass is 32.1. The second kappa shape index (κ2) is 8.50. The van der Waals surface area contributed by atoms with Gasteiger partial charge < -0.3 is 14.8 Å². The van der Waals surface area contributed by atoms with Crippen molar-refractivity contribution in [3.63, 3.8) is 0 Å². The molecule has 0 aliphatic heterocycles. The minimum atomic E-state index is -0.722. The van der Waals surface area contributed by atoms with Crippen molar-refractivity contribution in [3.8, 4) is 11.4 Å². The number of carbonyl (C=O) groups is 2. The Kier molecular flexibility index (Phi) is 5.87. The Morgan fingerprint density at radius 1 is 1.22 bits per heavy atom. The van der Waals surface area contributed by atoms with Gasteiger partial charge in [0.15, 0.2) is 12.4 Å². The van der Waals surface area contributed by atoms with Crippen LogP contribution in [0.1, 0.15) is 28.3 Å². The summed E-state index contributed by atoms with van der Waals surface area (Å²) in [6, 6.07) is 13.0. The predicted molar refractivity (Wildman–Crippen MR) is 101 cm³/mol. The summed E-state index contributed by atoms with van der Waals surface area (Å²) in [4.78, 5) is 25.4. The van der Waals surface area contributed by atoms with E-state index in [1.807, 2.05) is 54.8 Å². The molecule has 3 aromatic rings. The van der Waals surface area contributed by atoms with Crippen LogP contribution in [0.15, 0.2) is 54.0 Å². The van der Waals surface area contributed by atoms with Crippen LogP contribution in [0.2, 0.25) is 0 Å². The maximum absolute atomic E-state index is 12.3. The number of para-hydroxylation sites is 1. The zero-order chi connectivity index (χ0) is 19.2. The summed E-state index contributed by atoms with van der Waals surface area (Å²) in [7, 11) is 1.44. The Labute approximate surface area is 160 Å². The molecule has 1 atom stereocenters. The van der Waals surface area contributed by atoms with Gasteiger partial charge in [-0.05, 0) is 30.5 Å². The van der Waals surface area contributed by atoms with E-state index in [1.54, 1.807) is 17.5 Å². The van der Waals surface area contributed by atoms with Crippen molar-refractivity contribution < 1.29 is 19.1 Å². The van der Waals surface area contributed by atoms with Crippen molar-refractivity contribution in [3.05, 3.63) is 64.6 Å². The molecule has 1 N–H and O–H groups in total. The van der Waals surface area contributed by atoms with Crippen LogP contribution >= 0.6 is 11.3 Å². The number of benzene rings is 1. The van der Waals surface area contributed by atoms with Crippen LogP contribution in [0.5, 0.6) is 5.75 Å². The standard InChI is InChI=1S/C19H19N3O4S/c1-13(16-9-6-10-27-16)20-17(23)12-26-19(24)18-15(25-2)11-22(21-18)14-7-4-3-5-8-14/h3-11,13H,12H2,1-2H3,(H,20,23)/t13-/m1/s1. The van der Waals surface area contributed by atoms with E-state index in [9.17, 15) is 9.59 Å². The largest absolute Gasteiger partial charge is 0.493 e.